The van der Waals surface area contributed by atoms with E-state index in [-0.39, 0.29) is 44.4 Å². The summed E-state index contributed by atoms with van der Waals surface area (Å²) in [7, 11) is 0. The van der Waals surface area contributed by atoms with Gasteiger partial charge in [-0.2, -0.15) is 0 Å². The van der Waals surface area contributed by atoms with E-state index in [0.29, 0.717) is 19.3 Å². The maximum absolute atomic E-state index is 12.7. The maximum atomic E-state index is 12.7. The highest BCUT2D eigenvalue weighted by Gasteiger charge is 2.19. The fourth-order valence-electron chi connectivity index (χ4n) is 6.02. The number of carbonyl (C=O) groups excluding carboxylic acids is 3. The van der Waals surface area contributed by atoms with Crippen LogP contribution >= 0.6 is 0 Å². The number of hydrogen-bond acceptors (Lipinski definition) is 6. The van der Waals surface area contributed by atoms with Crippen molar-refractivity contribution in [2.75, 3.05) is 13.2 Å². The van der Waals surface area contributed by atoms with E-state index in [1.165, 1.54) is 77.0 Å². The number of unbranched alkanes of at least 4 members (excludes halogenated alkanes) is 13. The molecule has 6 nitrogen and oxygen atoms in total. The van der Waals surface area contributed by atoms with Gasteiger partial charge in [-0.15, -0.1) is 0 Å². The molecule has 0 spiro atoms. The molecule has 0 bridgehead atoms. The lowest BCUT2D eigenvalue weighted by Crippen LogP contribution is -2.30. The highest BCUT2D eigenvalue weighted by atomic mass is 16.6. The van der Waals surface area contributed by atoms with Gasteiger partial charge in [0.15, 0.2) is 6.10 Å². The van der Waals surface area contributed by atoms with E-state index in [1.807, 2.05) is 0 Å². The van der Waals surface area contributed by atoms with Gasteiger partial charge in [0.2, 0.25) is 0 Å². The lowest BCUT2D eigenvalue weighted by atomic mass is 10.1. The van der Waals surface area contributed by atoms with Crippen molar-refractivity contribution in [2.45, 2.75) is 207 Å². The Morgan fingerprint density at radius 3 is 0.934 bits per heavy atom. The molecule has 0 rings (SSSR count). The van der Waals surface area contributed by atoms with Crippen LogP contribution in [0.2, 0.25) is 0 Å². The van der Waals surface area contributed by atoms with Crippen LogP contribution in [0.5, 0.6) is 0 Å². The van der Waals surface area contributed by atoms with E-state index in [4.69, 9.17) is 14.2 Å². The molecule has 6 heteroatoms. The zero-order valence-corrected chi connectivity index (χ0v) is 39.1. The van der Waals surface area contributed by atoms with Gasteiger partial charge in [0.25, 0.3) is 0 Å². The first-order valence-corrected chi connectivity index (χ1v) is 24.4. The zero-order chi connectivity index (χ0) is 44.4. The fourth-order valence-corrected chi connectivity index (χ4v) is 6.02. The maximum Gasteiger partial charge on any atom is 0.306 e. The Morgan fingerprint density at radius 2 is 0.590 bits per heavy atom. The second-order valence-corrected chi connectivity index (χ2v) is 15.7. The number of allylic oxidation sites excluding steroid dienone is 18. The van der Waals surface area contributed by atoms with E-state index >= 15 is 0 Å². The molecule has 0 heterocycles. The average molecular weight is 845 g/mol. The summed E-state index contributed by atoms with van der Waals surface area (Å²) in [4.78, 5) is 37.7. The summed E-state index contributed by atoms with van der Waals surface area (Å²) in [6.45, 7) is 6.40. The minimum absolute atomic E-state index is 0.134. The molecule has 0 radical (unpaired) electrons. The summed E-state index contributed by atoms with van der Waals surface area (Å²) in [5, 5.41) is 0. The Kier molecular flexibility index (Phi) is 45.6. The molecule has 0 aromatic carbocycles. The number of rotatable bonds is 42. The topological polar surface area (TPSA) is 78.9 Å². The third kappa shape index (κ3) is 47.0. The summed E-state index contributed by atoms with van der Waals surface area (Å²) in [5.41, 5.74) is 0. The van der Waals surface area contributed by atoms with Crippen LogP contribution in [0.25, 0.3) is 0 Å². The van der Waals surface area contributed by atoms with Gasteiger partial charge in [0.05, 0.1) is 0 Å². The SMILES string of the molecule is CCCCC/C=C\C/C=C\C/C=C\C/C=C\CCCC(=O)OCC(COC(=O)CCC/C=C\CCCCCC)OC(=O)CCC/C=C\C/C=C\C/C=C\C/C=C\CCCCC. The second-order valence-electron chi connectivity index (χ2n) is 15.7. The van der Waals surface area contributed by atoms with E-state index in [1.54, 1.807) is 0 Å². The highest BCUT2D eigenvalue weighted by Crippen LogP contribution is 2.09. The molecule has 0 aromatic heterocycles. The molecule has 0 saturated carbocycles. The molecule has 0 aromatic rings. The average Bonchev–Trinajstić information content (AvgIpc) is 3.26. The Balaban J connectivity index is 4.57. The predicted molar refractivity (Wildman–Crippen MR) is 260 cm³/mol. The van der Waals surface area contributed by atoms with Crippen molar-refractivity contribution in [3.63, 3.8) is 0 Å². The summed E-state index contributed by atoms with van der Waals surface area (Å²) in [5.74, 6) is -1.09. The van der Waals surface area contributed by atoms with Crippen molar-refractivity contribution < 1.29 is 28.6 Å². The monoisotopic (exact) mass is 845 g/mol. The Labute approximate surface area is 374 Å². The van der Waals surface area contributed by atoms with Crippen molar-refractivity contribution in [3.05, 3.63) is 109 Å². The van der Waals surface area contributed by atoms with Gasteiger partial charge in [0, 0.05) is 19.3 Å². The minimum atomic E-state index is -0.839. The van der Waals surface area contributed by atoms with Gasteiger partial charge in [-0.3, -0.25) is 14.4 Å². The number of ether oxygens (including phenoxy) is 3. The van der Waals surface area contributed by atoms with Crippen LogP contribution in [0, 0.1) is 0 Å². The first-order chi connectivity index (χ1) is 30.0. The molecule has 344 valence electrons. The Bertz CT molecular complexity index is 1290. The summed E-state index contributed by atoms with van der Waals surface area (Å²) < 4.78 is 16.6. The van der Waals surface area contributed by atoms with Crippen molar-refractivity contribution in [1.82, 2.24) is 0 Å². The lowest BCUT2D eigenvalue weighted by Gasteiger charge is -2.18. The fraction of sp³-hybridized carbons (Fsp3) is 0.618. The van der Waals surface area contributed by atoms with Crippen LogP contribution in [-0.2, 0) is 28.6 Å². The number of carbonyl (C=O) groups is 3. The van der Waals surface area contributed by atoms with Crippen LogP contribution in [0.3, 0.4) is 0 Å². The molecule has 61 heavy (non-hydrogen) atoms. The first kappa shape index (κ1) is 57.1. The third-order valence-corrected chi connectivity index (χ3v) is 9.72. The van der Waals surface area contributed by atoms with Gasteiger partial charge >= 0.3 is 17.9 Å². The van der Waals surface area contributed by atoms with E-state index < -0.39 is 12.1 Å². The second kappa shape index (κ2) is 48.7. The third-order valence-electron chi connectivity index (χ3n) is 9.72. The summed E-state index contributed by atoms with van der Waals surface area (Å²) in [6, 6.07) is 0. The Morgan fingerprint density at radius 1 is 0.328 bits per heavy atom. The summed E-state index contributed by atoms with van der Waals surface area (Å²) >= 11 is 0. The largest absolute Gasteiger partial charge is 0.462 e. The Hall–Kier alpha value is -3.93. The van der Waals surface area contributed by atoms with Gasteiger partial charge < -0.3 is 14.2 Å². The molecule has 0 saturated heterocycles. The van der Waals surface area contributed by atoms with E-state index in [0.717, 1.165) is 64.2 Å². The quantitative estimate of drug-likeness (QED) is 0.0264. The van der Waals surface area contributed by atoms with Crippen molar-refractivity contribution in [1.29, 1.82) is 0 Å². The van der Waals surface area contributed by atoms with Crippen LogP contribution in [-0.4, -0.2) is 37.2 Å². The smallest absolute Gasteiger partial charge is 0.306 e. The molecule has 0 aliphatic carbocycles. The molecule has 1 unspecified atom stereocenters. The van der Waals surface area contributed by atoms with Crippen molar-refractivity contribution >= 4 is 17.9 Å². The molecular weight excluding hydrogens is 757 g/mol. The molecular formula is C55H88O6. The van der Waals surface area contributed by atoms with Crippen LogP contribution < -0.4 is 0 Å². The molecule has 1 atom stereocenters. The zero-order valence-electron chi connectivity index (χ0n) is 39.1. The molecule has 0 amide bonds. The molecule has 0 N–H and O–H groups in total. The van der Waals surface area contributed by atoms with Gasteiger partial charge in [-0.25, -0.2) is 0 Å². The van der Waals surface area contributed by atoms with Gasteiger partial charge in [0.1, 0.15) is 13.2 Å². The predicted octanol–water partition coefficient (Wildman–Crippen LogP) is 16.0. The van der Waals surface area contributed by atoms with Gasteiger partial charge in [-0.05, 0) is 116 Å². The summed E-state index contributed by atoms with van der Waals surface area (Å²) in [6.07, 6.45) is 65.2. The van der Waals surface area contributed by atoms with Crippen LogP contribution in [0.4, 0.5) is 0 Å². The molecule has 0 fully saturated rings. The molecule has 0 aliphatic rings. The van der Waals surface area contributed by atoms with Crippen molar-refractivity contribution in [2.24, 2.45) is 0 Å². The first-order valence-electron chi connectivity index (χ1n) is 24.4. The van der Waals surface area contributed by atoms with Crippen LogP contribution in [0.1, 0.15) is 201 Å². The van der Waals surface area contributed by atoms with Gasteiger partial charge in [-0.1, -0.05) is 175 Å². The molecule has 0 aliphatic heterocycles. The standard InChI is InChI=1S/C55H88O6/c1-4-7-10-13-16-19-21-23-25-27-29-31-33-36-39-42-45-48-54(57)60-51-52(50-59-53(56)47-44-41-38-35-18-15-12-9-6-3)61-55(58)49-46-43-40-37-34-32-30-28-26-24-22-20-17-14-11-8-5-2/h16-17,19-20,23-26,29-32,35-40,52H,4-15,18,21-22,27-28,33-34,41-51H2,1-3H3/b19-16-,20-17-,25-23-,26-24-,31-29-,32-30-,38-35-,39-36-,40-37-. The number of hydrogen-bond donors (Lipinski definition) is 0. The normalized spacial score (nSPS) is 13.0. The van der Waals surface area contributed by atoms with Crippen LogP contribution in [0.15, 0.2) is 109 Å². The highest BCUT2D eigenvalue weighted by molar-refractivity contribution is 5.71. The van der Waals surface area contributed by atoms with E-state index in [2.05, 4.69) is 130 Å². The number of esters is 3. The minimum Gasteiger partial charge on any atom is -0.462 e. The van der Waals surface area contributed by atoms with Crippen molar-refractivity contribution in [3.8, 4) is 0 Å². The van der Waals surface area contributed by atoms with E-state index in [9.17, 15) is 14.4 Å². The lowest BCUT2D eigenvalue weighted by molar-refractivity contribution is -0.166.